The standard InChI is InChI=1S/C27H24ClN3O4/c1-3-14-30(26(32)18-8-13-23-24(15-18)35-16-34-23)17(2)25-29-22-7-5-4-6-21(22)27(33)31(25)20-11-9-19(28)10-12-20/h4-13,15,17H,3,14,16H2,1-2H3. The molecule has 0 saturated carbocycles. The number of nitrogens with zero attached hydrogens (tertiary/aromatic N) is 3. The number of carbonyl (C=O) groups is 1. The Morgan fingerprint density at radius 2 is 1.83 bits per heavy atom. The van der Waals surface area contributed by atoms with Crippen LogP contribution in [-0.4, -0.2) is 33.7 Å². The minimum absolute atomic E-state index is 0.135. The van der Waals surface area contributed by atoms with Crippen LogP contribution in [0.15, 0.2) is 71.5 Å². The molecule has 4 aromatic rings. The molecule has 1 aromatic heterocycles. The summed E-state index contributed by atoms with van der Waals surface area (Å²) in [5, 5.41) is 1.07. The number of hydrogen-bond acceptors (Lipinski definition) is 5. The molecule has 3 aromatic carbocycles. The number of ether oxygens (including phenoxy) is 2. The van der Waals surface area contributed by atoms with Crippen molar-refractivity contribution in [2.24, 2.45) is 0 Å². The van der Waals surface area contributed by atoms with E-state index in [-0.39, 0.29) is 18.3 Å². The van der Waals surface area contributed by atoms with Crippen molar-refractivity contribution in [1.82, 2.24) is 14.5 Å². The largest absolute Gasteiger partial charge is 0.454 e. The molecule has 7 nitrogen and oxygen atoms in total. The first-order chi connectivity index (χ1) is 17.0. The average molecular weight is 490 g/mol. The minimum atomic E-state index is -0.499. The molecule has 178 valence electrons. The Hall–Kier alpha value is -3.84. The van der Waals surface area contributed by atoms with Crippen molar-refractivity contribution in [1.29, 1.82) is 0 Å². The predicted octanol–water partition coefficient (Wildman–Crippen LogP) is 5.38. The average Bonchev–Trinajstić information content (AvgIpc) is 3.35. The first-order valence-corrected chi connectivity index (χ1v) is 11.8. The Morgan fingerprint density at radius 3 is 2.60 bits per heavy atom. The summed E-state index contributed by atoms with van der Waals surface area (Å²) < 4.78 is 12.4. The zero-order chi connectivity index (χ0) is 24.5. The third kappa shape index (κ3) is 4.23. The van der Waals surface area contributed by atoms with Crippen LogP contribution in [0.3, 0.4) is 0 Å². The van der Waals surface area contributed by atoms with Gasteiger partial charge in [0, 0.05) is 17.1 Å². The smallest absolute Gasteiger partial charge is 0.266 e. The van der Waals surface area contributed by atoms with Gasteiger partial charge in [-0.2, -0.15) is 0 Å². The number of fused-ring (bicyclic) bond motifs is 2. The molecule has 1 aliphatic heterocycles. The molecule has 35 heavy (non-hydrogen) atoms. The molecule has 1 atom stereocenters. The van der Waals surface area contributed by atoms with E-state index in [0.29, 0.717) is 51.0 Å². The van der Waals surface area contributed by atoms with E-state index in [9.17, 15) is 9.59 Å². The van der Waals surface area contributed by atoms with Crippen molar-refractivity contribution < 1.29 is 14.3 Å². The third-order valence-corrected chi connectivity index (χ3v) is 6.32. The molecule has 0 saturated heterocycles. The maximum atomic E-state index is 13.7. The lowest BCUT2D eigenvalue weighted by Gasteiger charge is -2.30. The van der Waals surface area contributed by atoms with Crippen molar-refractivity contribution >= 4 is 28.4 Å². The number of halogens is 1. The lowest BCUT2D eigenvalue weighted by Crippen LogP contribution is -2.38. The number of para-hydroxylation sites is 1. The fourth-order valence-corrected chi connectivity index (χ4v) is 4.44. The summed E-state index contributed by atoms with van der Waals surface area (Å²) in [6.45, 7) is 4.52. The highest BCUT2D eigenvalue weighted by Crippen LogP contribution is 2.34. The molecule has 0 aliphatic carbocycles. The normalized spacial score (nSPS) is 13.1. The monoisotopic (exact) mass is 489 g/mol. The second-order valence-electron chi connectivity index (χ2n) is 8.35. The molecule has 0 bridgehead atoms. The SMILES string of the molecule is CCCN(C(=O)c1ccc2c(c1)OCO2)C(C)c1nc2ccccc2c(=O)n1-c1ccc(Cl)cc1. The second-order valence-corrected chi connectivity index (χ2v) is 8.78. The Bertz CT molecular complexity index is 1470. The van der Waals surface area contributed by atoms with Crippen LogP contribution in [0.25, 0.3) is 16.6 Å². The van der Waals surface area contributed by atoms with E-state index in [4.69, 9.17) is 26.1 Å². The summed E-state index contributed by atoms with van der Waals surface area (Å²) in [6, 6.07) is 18.9. The molecule has 0 N–H and O–H groups in total. The van der Waals surface area contributed by atoms with Crippen LogP contribution >= 0.6 is 11.6 Å². The summed E-state index contributed by atoms with van der Waals surface area (Å²) in [5.74, 6) is 1.45. The van der Waals surface area contributed by atoms with Crippen molar-refractivity contribution in [3.63, 3.8) is 0 Å². The molecule has 0 radical (unpaired) electrons. The van der Waals surface area contributed by atoms with Crippen LogP contribution in [0.4, 0.5) is 0 Å². The molecule has 2 heterocycles. The van der Waals surface area contributed by atoms with Gasteiger partial charge in [0.05, 0.1) is 22.6 Å². The predicted molar refractivity (Wildman–Crippen MR) is 135 cm³/mol. The molecular weight excluding hydrogens is 466 g/mol. The number of aromatic nitrogens is 2. The first kappa shape index (κ1) is 22.9. The van der Waals surface area contributed by atoms with Crippen LogP contribution in [0, 0.1) is 0 Å². The van der Waals surface area contributed by atoms with E-state index in [1.807, 2.05) is 32.0 Å². The van der Waals surface area contributed by atoms with E-state index in [1.165, 1.54) is 0 Å². The summed E-state index contributed by atoms with van der Waals surface area (Å²) >= 11 is 6.10. The minimum Gasteiger partial charge on any atom is -0.454 e. The van der Waals surface area contributed by atoms with Gasteiger partial charge in [0.2, 0.25) is 6.79 Å². The summed E-state index contributed by atoms with van der Waals surface area (Å²) in [4.78, 5) is 33.9. The molecular formula is C27H24ClN3O4. The Morgan fingerprint density at radius 1 is 1.09 bits per heavy atom. The quantitative estimate of drug-likeness (QED) is 0.363. The molecule has 5 rings (SSSR count). The van der Waals surface area contributed by atoms with Crippen LogP contribution in [0.5, 0.6) is 11.5 Å². The Labute approximate surface area is 207 Å². The topological polar surface area (TPSA) is 73.7 Å². The van der Waals surface area contributed by atoms with Gasteiger partial charge in [0.25, 0.3) is 11.5 Å². The maximum absolute atomic E-state index is 13.7. The number of hydrogen-bond donors (Lipinski definition) is 0. The van der Waals surface area contributed by atoms with E-state index in [0.717, 1.165) is 6.42 Å². The summed E-state index contributed by atoms with van der Waals surface area (Å²) in [7, 11) is 0. The van der Waals surface area contributed by atoms with Gasteiger partial charge >= 0.3 is 0 Å². The highest BCUT2D eigenvalue weighted by molar-refractivity contribution is 6.30. The van der Waals surface area contributed by atoms with Crippen molar-refractivity contribution in [2.75, 3.05) is 13.3 Å². The van der Waals surface area contributed by atoms with E-state index in [1.54, 1.807) is 58.0 Å². The van der Waals surface area contributed by atoms with Crippen LogP contribution < -0.4 is 15.0 Å². The fraction of sp³-hybridized carbons (Fsp3) is 0.222. The summed E-state index contributed by atoms with van der Waals surface area (Å²) in [6.07, 6.45) is 0.736. The van der Waals surface area contributed by atoms with E-state index < -0.39 is 6.04 Å². The van der Waals surface area contributed by atoms with Gasteiger partial charge in [-0.05, 0) is 67.9 Å². The highest BCUT2D eigenvalue weighted by Gasteiger charge is 2.28. The number of amides is 1. The molecule has 8 heteroatoms. The summed E-state index contributed by atoms with van der Waals surface area (Å²) in [5.41, 5.74) is 1.49. The fourth-order valence-electron chi connectivity index (χ4n) is 4.32. The van der Waals surface area contributed by atoms with Crippen LogP contribution in [0.1, 0.15) is 42.5 Å². The molecule has 0 fully saturated rings. The zero-order valence-corrected chi connectivity index (χ0v) is 20.2. The van der Waals surface area contributed by atoms with Crippen LogP contribution in [-0.2, 0) is 0 Å². The maximum Gasteiger partial charge on any atom is 0.266 e. The zero-order valence-electron chi connectivity index (χ0n) is 19.4. The second kappa shape index (κ2) is 9.43. The van der Waals surface area contributed by atoms with Crippen molar-refractivity contribution in [3.8, 4) is 17.2 Å². The molecule has 0 spiro atoms. The highest BCUT2D eigenvalue weighted by atomic mass is 35.5. The van der Waals surface area contributed by atoms with Crippen molar-refractivity contribution in [3.05, 3.63) is 93.5 Å². The van der Waals surface area contributed by atoms with Gasteiger partial charge < -0.3 is 14.4 Å². The number of carbonyl (C=O) groups excluding carboxylic acids is 1. The molecule has 1 amide bonds. The first-order valence-electron chi connectivity index (χ1n) is 11.5. The van der Waals surface area contributed by atoms with Gasteiger partial charge in [0.15, 0.2) is 11.5 Å². The Balaban J connectivity index is 1.64. The van der Waals surface area contributed by atoms with Gasteiger partial charge in [-0.3, -0.25) is 14.2 Å². The third-order valence-electron chi connectivity index (χ3n) is 6.07. The lowest BCUT2D eigenvalue weighted by molar-refractivity contribution is 0.0681. The van der Waals surface area contributed by atoms with Crippen molar-refractivity contribution in [2.45, 2.75) is 26.3 Å². The van der Waals surface area contributed by atoms with Gasteiger partial charge in [0.1, 0.15) is 5.82 Å². The number of benzene rings is 3. The Kier molecular flexibility index (Phi) is 6.17. The van der Waals surface area contributed by atoms with Gasteiger partial charge in [-0.25, -0.2) is 4.98 Å². The molecule has 1 unspecified atom stereocenters. The van der Waals surface area contributed by atoms with E-state index in [2.05, 4.69) is 0 Å². The number of rotatable bonds is 6. The molecule has 1 aliphatic rings. The van der Waals surface area contributed by atoms with E-state index >= 15 is 0 Å². The van der Waals surface area contributed by atoms with Gasteiger partial charge in [-0.1, -0.05) is 30.7 Å². The van der Waals surface area contributed by atoms with Crippen LogP contribution in [0.2, 0.25) is 5.02 Å². The lowest BCUT2D eigenvalue weighted by atomic mass is 10.1. The van der Waals surface area contributed by atoms with Gasteiger partial charge in [-0.15, -0.1) is 0 Å².